The van der Waals surface area contributed by atoms with E-state index in [1.54, 1.807) is 0 Å². The largest absolute Gasteiger partial charge is 0.388 e. The Morgan fingerprint density at radius 2 is 2.29 bits per heavy atom. The van der Waals surface area contributed by atoms with E-state index in [2.05, 4.69) is 12.2 Å². The van der Waals surface area contributed by atoms with Gasteiger partial charge in [0.05, 0.1) is 6.10 Å². The van der Waals surface area contributed by atoms with Gasteiger partial charge in [0.15, 0.2) is 0 Å². The highest BCUT2D eigenvalue weighted by atomic mass is 35.5. The van der Waals surface area contributed by atoms with Crippen LogP contribution in [0.4, 0.5) is 0 Å². The van der Waals surface area contributed by atoms with Crippen LogP contribution in [0.2, 0.25) is 5.02 Å². The van der Waals surface area contributed by atoms with E-state index in [9.17, 15) is 5.11 Å². The van der Waals surface area contributed by atoms with Crippen LogP contribution in [0.25, 0.3) is 0 Å². The molecule has 3 atom stereocenters. The molecule has 1 fully saturated rings. The van der Waals surface area contributed by atoms with Gasteiger partial charge in [0, 0.05) is 17.1 Å². The van der Waals surface area contributed by atoms with Crippen molar-refractivity contribution in [1.82, 2.24) is 5.32 Å². The number of halogens is 1. The van der Waals surface area contributed by atoms with Crippen molar-refractivity contribution in [2.24, 2.45) is 0 Å². The van der Waals surface area contributed by atoms with Gasteiger partial charge in [0.1, 0.15) is 0 Å². The molecular weight excluding hydrogens is 234 g/mol. The molecule has 3 heteroatoms. The molecule has 2 rings (SSSR count). The van der Waals surface area contributed by atoms with Gasteiger partial charge in [-0.3, -0.25) is 0 Å². The molecule has 1 aromatic carbocycles. The first-order valence-corrected chi connectivity index (χ1v) is 6.72. The quantitative estimate of drug-likeness (QED) is 0.867. The second-order valence-electron chi connectivity index (χ2n) is 5.00. The summed E-state index contributed by atoms with van der Waals surface area (Å²) >= 11 is 5.93. The van der Waals surface area contributed by atoms with E-state index in [4.69, 9.17) is 11.6 Å². The van der Waals surface area contributed by atoms with Gasteiger partial charge < -0.3 is 10.4 Å². The van der Waals surface area contributed by atoms with Crippen LogP contribution in [0.1, 0.15) is 44.3 Å². The molecule has 1 heterocycles. The molecule has 94 valence electrons. The molecule has 3 unspecified atom stereocenters. The molecule has 0 spiro atoms. The van der Waals surface area contributed by atoms with Crippen LogP contribution in [-0.2, 0) is 0 Å². The molecule has 2 nitrogen and oxygen atoms in total. The Hall–Kier alpha value is -0.570. The monoisotopic (exact) mass is 253 g/mol. The summed E-state index contributed by atoms with van der Waals surface area (Å²) in [4.78, 5) is 0. The zero-order valence-corrected chi connectivity index (χ0v) is 11.0. The molecule has 1 aliphatic rings. The number of piperidine rings is 1. The van der Waals surface area contributed by atoms with Crippen molar-refractivity contribution >= 4 is 11.6 Å². The van der Waals surface area contributed by atoms with E-state index in [-0.39, 0.29) is 0 Å². The molecule has 1 aliphatic heterocycles. The van der Waals surface area contributed by atoms with E-state index < -0.39 is 6.10 Å². The third-order valence-electron chi connectivity index (χ3n) is 3.45. The number of hydrogen-bond donors (Lipinski definition) is 2. The van der Waals surface area contributed by atoms with Crippen molar-refractivity contribution in [3.8, 4) is 0 Å². The lowest BCUT2D eigenvalue weighted by Crippen LogP contribution is -2.41. The molecule has 0 bridgehead atoms. The number of hydrogen-bond acceptors (Lipinski definition) is 2. The minimum Gasteiger partial charge on any atom is -0.388 e. The maximum absolute atomic E-state index is 10.2. The minimum absolute atomic E-state index is 0.420. The molecule has 2 N–H and O–H groups in total. The topological polar surface area (TPSA) is 32.3 Å². The van der Waals surface area contributed by atoms with Crippen molar-refractivity contribution in [2.75, 3.05) is 0 Å². The molecule has 0 radical (unpaired) electrons. The summed E-state index contributed by atoms with van der Waals surface area (Å²) in [5, 5.41) is 14.4. The van der Waals surface area contributed by atoms with Crippen molar-refractivity contribution in [3.63, 3.8) is 0 Å². The van der Waals surface area contributed by atoms with Gasteiger partial charge in [-0.1, -0.05) is 30.2 Å². The third-order valence-corrected chi connectivity index (χ3v) is 3.69. The number of aliphatic hydroxyl groups excluding tert-OH is 1. The smallest absolute Gasteiger partial charge is 0.0805 e. The van der Waals surface area contributed by atoms with Crippen molar-refractivity contribution < 1.29 is 5.11 Å². The van der Waals surface area contributed by atoms with Crippen molar-refractivity contribution in [3.05, 3.63) is 34.9 Å². The van der Waals surface area contributed by atoms with Gasteiger partial charge in [-0.2, -0.15) is 0 Å². The highest BCUT2D eigenvalue weighted by Crippen LogP contribution is 2.25. The average Bonchev–Trinajstić information content (AvgIpc) is 2.29. The van der Waals surface area contributed by atoms with E-state index in [0.29, 0.717) is 17.1 Å². The molecule has 0 saturated carbocycles. The summed E-state index contributed by atoms with van der Waals surface area (Å²) in [5.41, 5.74) is 0.914. The zero-order valence-electron chi connectivity index (χ0n) is 10.2. The summed E-state index contributed by atoms with van der Waals surface area (Å²) in [6.45, 7) is 2.21. The van der Waals surface area contributed by atoms with Gasteiger partial charge in [0.25, 0.3) is 0 Å². The minimum atomic E-state index is -0.420. The molecule has 1 saturated heterocycles. The fraction of sp³-hybridized carbons (Fsp3) is 0.571. The predicted octanol–water partition coefficient (Wildman–Crippen LogP) is 3.29. The van der Waals surface area contributed by atoms with Gasteiger partial charge >= 0.3 is 0 Å². The summed E-state index contributed by atoms with van der Waals surface area (Å²) in [6.07, 6.45) is 3.99. The average molecular weight is 254 g/mol. The molecule has 0 aromatic heterocycles. The highest BCUT2D eigenvalue weighted by Gasteiger charge is 2.21. The molecular formula is C14H20ClNO. The van der Waals surface area contributed by atoms with Crippen LogP contribution in [0.5, 0.6) is 0 Å². The maximum Gasteiger partial charge on any atom is 0.0805 e. The van der Waals surface area contributed by atoms with E-state index in [1.165, 1.54) is 12.8 Å². The Kier molecular flexibility index (Phi) is 4.43. The standard InChI is InChI=1S/C14H20ClNO/c1-10-4-2-7-13(16-10)9-14(17)11-5-3-6-12(15)8-11/h3,5-6,8,10,13-14,16-17H,2,4,7,9H2,1H3. The van der Waals surface area contributed by atoms with Crippen LogP contribution in [0.15, 0.2) is 24.3 Å². The normalized spacial score (nSPS) is 26.8. The second-order valence-corrected chi connectivity index (χ2v) is 5.44. The highest BCUT2D eigenvalue weighted by molar-refractivity contribution is 6.30. The van der Waals surface area contributed by atoms with Crippen LogP contribution >= 0.6 is 11.6 Å². The van der Waals surface area contributed by atoms with Crippen LogP contribution in [0.3, 0.4) is 0 Å². The Bertz CT molecular complexity index is 369. The number of rotatable bonds is 3. The molecule has 0 aliphatic carbocycles. The van der Waals surface area contributed by atoms with Crippen molar-refractivity contribution in [1.29, 1.82) is 0 Å². The Morgan fingerprint density at radius 1 is 1.47 bits per heavy atom. The van der Waals surface area contributed by atoms with Crippen LogP contribution in [-0.4, -0.2) is 17.2 Å². The summed E-state index contributed by atoms with van der Waals surface area (Å²) in [6, 6.07) is 8.49. The molecule has 17 heavy (non-hydrogen) atoms. The number of nitrogens with one attached hydrogen (secondary N) is 1. The molecule has 0 amide bonds. The maximum atomic E-state index is 10.2. The van der Waals surface area contributed by atoms with Gasteiger partial charge in [-0.05, 0) is 43.9 Å². The first kappa shape index (κ1) is 12.9. The van der Waals surface area contributed by atoms with Crippen LogP contribution in [0, 0.1) is 0 Å². The Balaban J connectivity index is 1.94. The summed E-state index contributed by atoms with van der Waals surface area (Å²) in [5.74, 6) is 0. The van der Waals surface area contributed by atoms with Crippen molar-refractivity contribution in [2.45, 2.75) is 50.8 Å². The van der Waals surface area contributed by atoms with E-state index in [1.807, 2.05) is 24.3 Å². The number of benzene rings is 1. The van der Waals surface area contributed by atoms with Crippen LogP contribution < -0.4 is 5.32 Å². The van der Waals surface area contributed by atoms with E-state index >= 15 is 0 Å². The lowest BCUT2D eigenvalue weighted by atomic mass is 9.93. The van der Waals surface area contributed by atoms with E-state index in [0.717, 1.165) is 18.4 Å². The van der Waals surface area contributed by atoms with Gasteiger partial charge in [-0.15, -0.1) is 0 Å². The first-order chi connectivity index (χ1) is 8.15. The second kappa shape index (κ2) is 5.85. The fourth-order valence-electron chi connectivity index (χ4n) is 2.54. The third kappa shape index (κ3) is 3.70. The Labute approximate surface area is 108 Å². The zero-order chi connectivity index (χ0) is 12.3. The first-order valence-electron chi connectivity index (χ1n) is 6.34. The van der Waals surface area contributed by atoms with Gasteiger partial charge in [0.2, 0.25) is 0 Å². The lowest BCUT2D eigenvalue weighted by Gasteiger charge is -2.30. The predicted molar refractivity (Wildman–Crippen MR) is 71.3 cm³/mol. The molecule has 1 aromatic rings. The Morgan fingerprint density at radius 3 is 3.00 bits per heavy atom. The SMILES string of the molecule is CC1CCCC(CC(O)c2cccc(Cl)c2)N1. The number of aliphatic hydroxyl groups is 1. The summed E-state index contributed by atoms with van der Waals surface area (Å²) < 4.78 is 0. The fourth-order valence-corrected chi connectivity index (χ4v) is 2.74. The van der Waals surface area contributed by atoms with Gasteiger partial charge in [-0.25, -0.2) is 0 Å². The lowest BCUT2D eigenvalue weighted by molar-refractivity contribution is 0.139. The summed E-state index contributed by atoms with van der Waals surface area (Å²) in [7, 11) is 0.